The van der Waals surface area contributed by atoms with E-state index < -0.39 is 0 Å². The quantitative estimate of drug-likeness (QED) is 0.942. The Morgan fingerprint density at radius 1 is 1.50 bits per heavy atom. The first kappa shape index (κ1) is 11.3. The molecule has 0 saturated heterocycles. The molecule has 0 atom stereocenters. The summed E-state index contributed by atoms with van der Waals surface area (Å²) in [4.78, 5) is 4.04. The molecule has 3 nitrogen and oxygen atoms in total. The van der Waals surface area contributed by atoms with E-state index in [1.807, 2.05) is 0 Å². The van der Waals surface area contributed by atoms with E-state index in [1.165, 1.54) is 6.39 Å². The van der Waals surface area contributed by atoms with Crippen molar-refractivity contribution in [2.24, 2.45) is 0 Å². The van der Waals surface area contributed by atoms with E-state index in [4.69, 9.17) is 4.42 Å². The third kappa shape index (κ3) is 2.01. The summed E-state index contributed by atoms with van der Waals surface area (Å²) in [5.74, 6) is 0.129. The molecule has 0 radical (unpaired) electrons. The zero-order valence-electron chi connectivity index (χ0n) is 8.63. The molecule has 0 unspecified atom stereocenters. The molecule has 1 aromatic heterocycles. The fourth-order valence-electron chi connectivity index (χ4n) is 1.46. The van der Waals surface area contributed by atoms with Gasteiger partial charge in [-0.2, -0.15) is 0 Å². The number of halogens is 2. The summed E-state index contributed by atoms with van der Waals surface area (Å²) in [6.45, 7) is 0.539. The average Bonchev–Trinajstić information content (AvgIpc) is 2.71. The monoisotopic (exact) mass is 284 g/mol. The highest BCUT2D eigenvalue weighted by molar-refractivity contribution is 9.10. The highest BCUT2D eigenvalue weighted by atomic mass is 79.9. The number of hydrogen-bond donors (Lipinski definition) is 1. The van der Waals surface area contributed by atoms with E-state index in [-0.39, 0.29) is 5.82 Å². The van der Waals surface area contributed by atoms with Crippen LogP contribution >= 0.6 is 15.9 Å². The van der Waals surface area contributed by atoms with Gasteiger partial charge in [-0.1, -0.05) is 6.07 Å². The maximum atomic E-state index is 13.8. The molecule has 1 heterocycles. The van der Waals surface area contributed by atoms with Crippen molar-refractivity contribution in [3.05, 3.63) is 40.6 Å². The molecular formula is C11H10BrFN2O. The molecule has 0 aliphatic rings. The molecular weight excluding hydrogens is 275 g/mol. The third-order valence-corrected chi connectivity index (χ3v) is 2.79. The van der Waals surface area contributed by atoms with Crippen LogP contribution in [0.25, 0.3) is 11.3 Å². The SMILES string of the molecule is CNCc1ncoc1-c1cccc(Br)c1F. The molecule has 0 fully saturated rings. The van der Waals surface area contributed by atoms with Crippen molar-refractivity contribution in [2.45, 2.75) is 6.54 Å². The lowest BCUT2D eigenvalue weighted by Crippen LogP contribution is -2.06. The Bertz CT molecular complexity index is 498. The Balaban J connectivity index is 2.50. The van der Waals surface area contributed by atoms with Crippen LogP contribution in [0.1, 0.15) is 5.69 Å². The van der Waals surface area contributed by atoms with Gasteiger partial charge in [0.1, 0.15) is 11.5 Å². The first-order valence-electron chi connectivity index (χ1n) is 4.75. The average molecular weight is 285 g/mol. The zero-order valence-corrected chi connectivity index (χ0v) is 10.2. The van der Waals surface area contributed by atoms with E-state index in [0.29, 0.717) is 28.0 Å². The van der Waals surface area contributed by atoms with E-state index in [1.54, 1.807) is 25.2 Å². The van der Waals surface area contributed by atoms with Crippen LogP contribution in [-0.4, -0.2) is 12.0 Å². The van der Waals surface area contributed by atoms with Crippen molar-refractivity contribution in [1.82, 2.24) is 10.3 Å². The second-order valence-corrected chi connectivity index (χ2v) is 4.11. The molecule has 2 rings (SSSR count). The maximum Gasteiger partial charge on any atom is 0.181 e. The van der Waals surface area contributed by atoms with Crippen LogP contribution in [0.3, 0.4) is 0 Å². The minimum Gasteiger partial charge on any atom is -0.443 e. The molecule has 84 valence electrons. The lowest BCUT2D eigenvalue weighted by atomic mass is 10.1. The molecule has 0 aliphatic carbocycles. The molecule has 5 heteroatoms. The lowest BCUT2D eigenvalue weighted by Gasteiger charge is -2.03. The molecule has 1 aromatic carbocycles. The van der Waals surface area contributed by atoms with Crippen LogP contribution in [0.5, 0.6) is 0 Å². The van der Waals surface area contributed by atoms with Gasteiger partial charge >= 0.3 is 0 Å². The van der Waals surface area contributed by atoms with Gasteiger partial charge in [-0.05, 0) is 35.1 Å². The van der Waals surface area contributed by atoms with Gasteiger partial charge in [-0.15, -0.1) is 0 Å². The zero-order chi connectivity index (χ0) is 11.5. The highest BCUT2D eigenvalue weighted by Crippen LogP contribution is 2.29. The van der Waals surface area contributed by atoms with Gasteiger partial charge < -0.3 is 9.73 Å². The maximum absolute atomic E-state index is 13.8. The highest BCUT2D eigenvalue weighted by Gasteiger charge is 2.15. The van der Waals surface area contributed by atoms with Crippen LogP contribution in [0.2, 0.25) is 0 Å². The Kier molecular flexibility index (Phi) is 3.36. The van der Waals surface area contributed by atoms with Gasteiger partial charge in [-0.25, -0.2) is 9.37 Å². The second-order valence-electron chi connectivity index (χ2n) is 3.26. The van der Waals surface area contributed by atoms with Crippen LogP contribution < -0.4 is 5.32 Å². The molecule has 0 aliphatic heterocycles. The Morgan fingerprint density at radius 2 is 2.31 bits per heavy atom. The fourth-order valence-corrected chi connectivity index (χ4v) is 1.83. The van der Waals surface area contributed by atoms with Crippen LogP contribution in [0.4, 0.5) is 4.39 Å². The molecule has 16 heavy (non-hydrogen) atoms. The van der Waals surface area contributed by atoms with Crippen molar-refractivity contribution in [3.63, 3.8) is 0 Å². The van der Waals surface area contributed by atoms with Gasteiger partial charge in [-0.3, -0.25) is 0 Å². The lowest BCUT2D eigenvalue weighted by molar-refractivity contribution is 0.558. The number of nitrogens with one attached hydrogen (secondary N) is 1. The minimum atomic E-state index is -0.336. The van der Waals surface area contributed by atoms with Gasteiger partial charge in [0, 0.05) is 6.54 Å². The minimum absolute atomic E-state index is 0.336. The van der Waals surface area contributed by atoms with Crippen LogP contribution in [0.15, 0.2) is 33.5 Å². The van der Waals surface area contributed by atoms with Crippen molar-refractivity contribution < 1.29 is 8.81 Å². The first-order chi connectivity index (χ1) is 7.74. The van der Waals surface area contributed by atoms with Gasteiger partial charge in [0.2, 0.25) is 0 Å². The number of oxazole rings is 1. The van der Waals surface area contributed by atoms with E-state index in [0.717, 1.165) is 0 Å². The predicted molar refractivity (Wildman–Crippen MR) is 62.4 cm³/mol. The van der Waals surface area contributed by atoms with Crippen molar-refractivity contribution in [1.29, 1.82) is 0 Å². The molecule has 0 spiro atoms. The molecule has 0 bridgehead atoms. The molecule has 0 amide bonds. The van der Waals surface area contributed by atoms with E-state index >= 15 is 0 Å². The summed E-state index contributed by atoms with van der Waals surface area (Å²) < 4.78 is 19.5. The standard InChI is InChI=1S/C11H10BrFN2O/c1-14-5-9-11(16-6-15-9)7-3-2-4-8(12)10(7)13/h2-4,6,14H,5H2,1H3. The second kappa shape index (κ2) is 4.76. The van der Waals surface area contributed by atoms with Crippen molar-refractivity contribution >= 4 is 15.9 Å². The van der Waals surface area contributed by atoms with Crippen LogP contribution in [0, 0.1) is 5.82 Å². The van der Waals surface area contributed by atoms with Crippen LogP contribution in [-0.2, 0) is 6.54 Å². The Labute approximate surface area is 101 Å². The largest absolute Gasteiger partial charge is 0.443 e. The summed E-state index contributed by atoms with van der Waals surface area (Å²) in [5, 5.41) is 2.96. The summed E-state index contributed by atoms with van der Waals surface area (Å²) in [5.41, 5.74) is 1.11. The van der Waals surface area contributed by atoms with Gasteiger partial charge in [0.05, 0.1) is 10.0 Å². The Morgan fingerprint density at radius 3 is 3.06 bits per heavy atom. The Hall–Kier alpha value is -1.20. The normalized spacial score (nSPS) is 10.7. The summed E-state index contributed by atoms with van der Waals surface area (Å²) >= 11 is 3.14. The molecule has 2 aromatic rings. The number of benzene rings is 1. The number of nitrogens with zero attached hydrogens (tertiary/aromatic N) is 1. The van der Waals surface area contributed by atoms with E-state index in [9.17, 15) is 4.39 Å². The summed E-state index contributed by atoms with van der Waals surface area (Å²) in [6.07, 6.45) is 1.32. The number of hydrogen-bond acceptors (Lipinski definition) is 3. The predicted octanol–water partition coefficient (Wildman–Crippen LogP) is 2.96. The third-order valence-electron chi connectivity index (χ3n) is 2.18. The fraction of sp³-hybridized carbons (Fsp3) is 0.182. The van der Waals surface area contributed by atoms with Crippen molar-refractivity contribution in [2.75, 3.05) is 7.05 Å². The van der Waals surface area contributed by atoms with Crippen molar-refractivity contribution in [3.8, 4) is 11.3 Å². The topological polar surface area (TPSA) is 38.1 Å². The first-order valence-corrected chi connectivity index (χ1v) is 5.54. The molecule has 1 N–H and O–H groups in total. The summed E-state index contributed by atoms with van der Waals surface area (Å²) in [7, 11) is 1.80. The van der Waals surface area contributed by atoms with Gasteiger partial charge in [0.15, 0.2) is 12.2 Å². The number of aromatic nitrogens is 1. The number of rotatable bonds is 3. The smallest absolute Gasteiger partial charge is 0.181 e. The van der Waals surface area contributed by atoms with E-state index in [2.05, 4.69) is 26.2 Å². The summed E-state index contributed by atoms with van der Waals surface area (Å²) in [6, 6.07) is 5.07. The van der Waals surface area contributed by atoms with Gasteiger partial charge in [0.25, 0.3) is 0 Å². The molecule has 0 saturated carbocycles.